The summed E-state index contributed by atoms with van der Waals surface area (Å²) in [4.78, 5) is 8.46. The molecule has 0 saturated carbocycles. The predicted octanol–water partition coefficient (Wildman–Crippen LogP) is 0.112. The minimum Gasteiger partial charge on any atom is -0.369 e. The van der Waals surface area contributed by atoms with E-state index in [1.165, 1.54) is 0 Å². The van der Waals surface area contributed by atoms with Gasteiger partial charge in [-0.1, -0.05) is 18.2 Å². The van der Waals surface area contributed by atoms with Crippen molar-refractivity contribution in [1.29, 1.82) is 5.26 Å². The van der Waals surface area contributed by atoms with E-state index < -0.39 is 5.79 Å². The molecule has 21 heavy (non-hydrogen) atoms. The van der Waals surface area contributed by atoms with Crippen LogP contribution in [-0.4, -0.2) is 10.9 Å². The molecule has 1 aliphatic heterocycles. The van der Waals surface area contributed by atoms with E-state index in [0.29, 0.717) is 11.1 Å². The topological polar surface area (TPSA) is 125 Å². The van der Waals surface area contributed by atoms with Crippen LogP contribution in [0.25, 0.3) is 11.3 Å². The smallest absolute Gasteiger partial charge is 0.210 e. The third-order valence-electron chi connectivity index (χ3n) is 3.17. The molecule has 1 atom stereocenters. The molecule has 1 aromatic heterocycles. The first-order valence-corrected chi connectivity index (χ1v) is 6.25. The fraction of sp³-hybridized carbons (Fsp3) is 0.0714. The van der Waals surface area contributed by atoms with E-state index in [1.807, 2.05) is 24.3 Å². The molecule has 7 heteroatoms. The van der Waals surface area contributed by atoms with Crippen LogP contribution in [0, 0.1) is 11.3 Å². The van der Waals surface area contributed by atoms with Gasteiger partial charge in [-0.15, -0.1) is 0 Å². The summed E-state index contributed by atoms with van der Waals surface area (Å²) in [6.45, 7) is 0. The van der Waals surface area contributed by atoms with Crippen molar-refractivity contribution in [3.63, 3.8) is 0 Å². The quantitative estimate of drug-likeness (QED) is 0.618. The van der Waals surface area contributed by atoms with Crippen molar-refractivity contribution < 1.29 is 0 Å². The van der Waals surface area contributed by atoms with Crippen molar-refractivity contribution in [3.05, 3.63) is 53.7 Å². The summed E-state index contributed by atoms with van der Waals surface area (Å²) in [5.74, 6) is -0.896. The van der Waals surface area contributed by atoms with Crippen LogP contribution >= 0.6 is 0 Å². The summed E-state index contributed by atoms with van der Waals surface area (Å²) in [5.41, 5.74) is 20.0. The molecule has 6 N–H and O–H groups in total. The molecule has 0 amide bonds. The van der Waals surface area contributed by atoms with E-state index in [2.05, 4.69) is 26.9 Å². The highest BCUT2D eigenvalue weighted by Gasteiger charge is 2.31. The van der Waals surface area contributed by atoms with Crippen molar-refractivity contribution >= 4 is 5.96 Å². The normalized spacial score (nSPS) is 20.5. The van der Waals surface area contributed by atoms with Gasteiger partial charge in [0, 0.05) is 17.3 Å². The predicted molar refractivity (Wildman–Crippen MR) is 78.1 cm³/mol. The summed E-state index contributed by atoms with van der Waals surface area (Å²) in [6, 6.07) is 13.0. The third kappa shape index (κ3) is 2.41. The largest absolute Gasteiger partial charge is 0.369 e. The number of nitrogens with zero attached hydrogens (tertiary/aromatic N) is 3. The lowest BCUT2D eigenvalue weighted by molar-refractivity contribution is 0.374. The molecule has 0 aliphatic carbocycles. The van der Waals surface area contributed by atoms with Gasteiger partial charge in [0.1, 0.15) is 0 Å². The number of pyridine rings is 1. The van der Waals surface area contributed by atoms with Crippen LogP contribution in [0.2, 0.25) is 0 Å². The molecule has 1 aliphatic rings. The number of aliphatic imine (C=N–C) groups is 1. The number of hydrogen-bond donors (Lipinski definition) is 4. The summed E-state index contributed by atoms with van der Waals surface area (Å²) in [5, 5.41) is 8.93. The number of hydrazine groups is 1. The standard InChI is InChI=1S/C14H13N7/c15-7-9-2-1-3-10(6-9)12-5-4-11(8-18-12)14(17)19-13(16)20-21-14/h1-6,8,21H,17H2,(H3,16,19,20). The molecule has 1 unspecified atom stereocenters. The zero-order valence-electron chi connectivity index (χ0n) is 11.0. The Labute approximate surface area is 121 Å². The van der Waals surface area contributed by atoms with Crippen LogP contribution in [0.1, 0.15) is 11.1 Å². The number of nitrogens with one attached hydrogen (secondary N) is 2. The Balaban J connectivity index is 1.93. The lowest BCUT2D eigenvalue weighted by atomic mass is 10.1. The number of nitriles is 1. The maximum absolute atomic E-state index is 8.93. The SMILES string of the molecule is N#Cc1cccc(-c2ccc(C3(N)N=C(N)NN3)cn2)c1. The third-order valence-corrected chi connectivity index (χ3v) is 3.17. The Hall–Kier alpha value is -2.95. The Kier molecular flexibility index (Phi) is 3.02. The lowest BCUT2D eigenvalue weighted by Gasteiger charge is -2.20. The van der Waals surface area contributed by atoms with Gasteiger partial charge in [0.15, 0.2) is 0 Å². The Bertz CT molecular complexity index is 745. The van der Waals surface area contributed by atoms with E-state index in [9.17, 15) is 0 Å². The minimum atomic E-state index is -1.12. The molecule has 0 radical (unpaired) electrons. The number of benzene rings is 1. The minimum absolute atomic E-state index is 0.225. The van der Waals surface area contributed by atoms with Gasteiger partial charge in [0.05, 0.1) is 17.3 Å². The summed E-state index contributed by atoms with van der Waals surface area (Å²) >= 11 is 0. The van der Waals surface area contributed by atoms with Crippen molar-refractivity contribution in [1.82, 2.24) is 15.8 Å². The van der Waals surface area contributed by atoms with Crippen LogP contribution in [0.4, 0.5) is 0 Å². The van der Waals surface area contributed by atoms with E-state index >= 15 is 0 Å². The second-order valence-electron chi connectivity index (χ2n) is 4.64. The first-order chi connectivity index (χ1) is 10.1. The number of nitrogens with two attached hydrogens (primary N) is 2. The molecule has 0 fully saturated rings. The monoisotopic (exact) mass is 279 g/mol. The molecular formula is C14H13N7. The maximum Gasteiger partial charge on any atom is 0.210 e. The van der Waals surface area contributed by atoms with Gasteiger partial charge >= 0.3 is 0 Å². The molecule has 2 heterocycles. The second-order valence-corrected chi connectivity index (χ2v) is 4.64. The lowest BCUT2D eigenvalue weighted by Crippen LogP contribution is -2.50. The van der Waals surface area contributed by atoms with Crippen LogP contribution in [0.3, 0.4) is 0 Å². The van der Waals surface area contributed by atoms with Crippen LogP contribution in [0.15, 0.2) is 47.6 Å². The number of aromatic nitrogens is 1. The first-order valence-electron chi connectivity index (χ1n) is 6.25. The van der Waals surface area contributed by atoms with Crippen molar-refractivity contribution in [2.45, 2.75) is 5.79 Å². The summed E-state index contributed by atoms with van der Waals surface area (Å²) < 4.78 is 0. The highest BCUT2D eigenvalue weighted by Crippen LogP contribution is 2.22. The molecular weight excluding hydrogens is 266 g/mol. The molecule has 7 nitrogen and oxygen atoms in total. The molecule has 0 spiro atoms. The highest BCUT2D eigenvalue weighted by atomic mass is 15.6. The molecule has 2 aromatic rings. The Morgan fingerprint density at radius 1 is 1.24 bits per heavy atom. The highest BCUT2D eigenvalue weighted by molar-refractivity contribution is 5.79. The number of guanidine groups is 1. The van der Waals surface area contributed by atoms with Crippen LogP contribution in [-0.2, 0) is 5.79 Å². The number of rotatable bonds is 2. The van der Waals surface area contributed by atoms with E-state index in [0.717, 1.165) is 11.3 Å². The maximum atomic E-state index is 8.93. The molecule has 3 rings (SSSR count). The van der Waals surface area contributed by atoms with Gasteiger partial charge in [0.2, 0.25) is 11.7 Å². The fourth-order valence-electron chi connectivity index (χ4n) is 2.08. The molecule has 0 saturated heterocycles. The van der Waals surface area contributed by atoms with Gasteiger partial charge in [-0.25, -0.2) is 4.99 Å². The first kappa shape index (κ1) is 13.1. The van der Waals surface area contributed by atoms with E-state index in [-0.39, 0.29) is 5.96 Å². The molecule has 104 valence electrons. The average molecular weight is 279 g/mol. The van der Waals surface area contributed by atoms with Crippen molar-refractivity contribution in [2.75, 3.05) is 0 Å². The Morgan fingerprint density at radius 3 is 2.71 bits per heavy atom. The van der Waals surface area contributed by atoms with Gasteiger partial charge in [-0.05, 0) is 18.2 Å². The summed E-state index contributed by atoms with van der Waals surface area (Å²) in [6.07, 6.45) is 1.63. The van der Waals surface area contributed by atoms with E-state index in [4.69, 9.17) is 16.7 Å². The molecule has 0 bridgehead atoms. The Morgan fingerprint density at radius 2 is 2.10 bits per heavy atom. The van der Waals surface area contributed by atoms with Gasteiger partial charge < -0.3 is 5.73 Å². The van der Waals surface area contributed by atoms with Crippen LogP contribution < -0.4 is 22.3 Å². The van der Waals surface area contributed by atoms with Crippen molar-refractivity contribution in [2.24, 2.45) is 16.5 Å². The van der Waals surface area contributed by atoms with Gasteiger partial charge in [-0.3, -0.25) is 16.1 Å². The van der Waals surface area contributed by atoms with Gasteiger partial charge in [0.25, 0.3) is 0 Å². The molecule has 1 aromatic carbocycles. The zero-order valence-corrected chi connectivity index (χ0v) is 11.0. The zero-order chi connectivity index (χ0) is 14.9. The van der Waals surface area contributed by atoms with Crippen LogP contribution in [0.5, 0.6) is 0 Å². The number of hydrogen-bond acceptors (Lipinski definition) is 7. The fourth-order valence-corrected chi connectivity index (χ4v) is 2.08. The average Bonchev–Trinajstić information content (AvgIpc) is 2.88. The second kappa shape index (κ2) is 4.86. The van der Waals surface area contributed by atoms with Crippen molar-refractivity contribution in [3.8, 4) is 17.3 Å². The van der Waals surface area contributed by atoms with Gasteiger partial charge in [-0.2, -0.15) is 10.7 Å². The summed E-state index contributed by atoms with van der Waals surface area (Å²) in [7, 11) is 0. The van der Waals surface area contributed by atoms with E-state index in [1.54, 1.807) is 18.3 Å².